The van der Waals surface area contributed by atoms with Crippen LogP contribution in [0.3, 0.4) is 0 Å². The van der Waals surface area contributed by atoms with Gasteiger partial charge in [0.2, 0.25) is 0 Å². The van der Waals surface area contributed by atoms with Gasteiger partial charge >= 0.3 is 5.97 Å². The highest BCUT2D eigenvalue weighted by atomic mass is 16.5. The number of carbonyl (C=O) groups is 2. The van der Waals surface area contributed by atoms with Crippen molar-refractivity contribution in [1.29, 1.82) is 0 Å². The number of ether oxygens (including phenoxy) is 1. The van der Waals surface area contributed by atoms with Crippen LogP contribution in [0.25, 0.3) is 0 Å². The van der Waals surface area contributed by atoms with Gasteiger partial charge in [0.25, 0.3) is 5.91 Å². The summed E-state index contributed by atoms with van der Waals surface area (Å²) in [4.78, 5) is 22.5. The van der Waals surface area contributed by atoms with Crippen LogP contribution in [0, 0.1) is 6.92 Å². The predicted molar refractivity (Wildman–Crippen MR) is 54.8 cm³/mol. The van der Waals surface area contributed by atoms with Crippen molar-refractivity contribution < 1.29 is 18.8 Å². The molecule has 0 unspecified atom stereocenters. The Bertz CT molecular complexity index is 386. The molecule has 0 radical (unpaired) electrons. The van der Waals surface area contributed by atoms with Crippen LogP contribution in [-0.2, 0) is 9.53 Å². The van der Waals surface area contributed by atoms with Crippen molar-refractivity contribution in [3.05, 3.63) is 17.5 Å². The Morgan fingerprint density at radius 2 is 2.31 bits per heavy atom. The molecule has 0 fully saturated rings. The third-order valence-electron chi connectivity index (χ3n) is 1.94. The van der Waals surface area contributed by atoms with Crippen molar-refractivity contribution in [1.82, 2.24) is 10.5 Å². The van der Waals surface area contributed by atoms with Crippen molar-refractivity contribution in [3.63, 3.8) is 0 Å². The van der Waals surface area contributed by atoms with Gasteiger partial charge in [0, 0.05) is 12.1 Å². The molecular weight excluding hydrogens is 212 g/mol. The second-order valence-corrected chi connectivity index (χ2v) is 3.48. The number of nitrogens with one attached hydrogen (secondary N) is 1. The van der Waals surface area contributed by atoms with Crippen LogP contribution in [0.15, 0.2) is 10.6 Å². The van der Waals surface area contributed by atoms with Gasteiger partial charge in [-0.2, -0.15) is 0 Å². The van der Waals surface area contributed by atoms with Gasteiger partial charge in [0.05, 0.1) is 13.5 Å². The number of aromatic nitrogens is 1. The average molecular weight is 226 g/mol. The Morgan fingerprint density at radius 1 is 1.62 bits per heavy atom. The molecular formula is C10H14N2O4. The minimum Gasteiger partial charge on any atom is -0.469 e. The maximum atomic E-state index is 11.6. The fourth-order valence-electron chi connectivity index (χ4n) is 1.16. The standard InChI is InChI=1S/C10H14N2O4/c1-6(4-9(13)15-3)11-10(14)8-5-7(2)16-12-8/h5-6H,4H2,1-3H3,(H,11,14)/t6-/m0/s1. The molecule has 0 saturated carbocycles. The Kier molecular flexibility index (Phi) is 4.04. The first-order valence-corrected chi connectivity index (χ1v) is 4.84. The van der Waals surface area contributed by atoms with Gasteiger partial charge in [-0.25, -0.2) is 0 Å². The molecule has 1 atom stereocenters. The number of rotatable bonds is 4. The summed E-state index contributed by atoms with van der Waals surface area (Å²) in [6, 6.07) is 1.22. The van der Waals surface area contributed by atoms with Crippen molar-refractivity contribution in [3.8, 4) is 0 Å². The molecule has 1 rings (SSSR count). The number of hydrogen-bond acceptors (Lipinski definition) is 5. The minimum absolute atomic E-state index is 0.124. The zero-order valence-electron chi connectivity index (χ0n) is 9.44. The number of methoxy groups -OCH3 is 1. The van der Waals surface area contributed by atoms with Crippen LogP contribution < -0.4 is 5.32 Å². The van der Waals surface area contributed by atoms with Gasteiger partial charge in [0.1, 0.15) is 5.76 Å². The maximum absolute atomic E-state index is 11.6. The molecule has 1 aromatic rings. The highest BCUT2D eigenvalue weighted by Crippen LogP contribution is 2.02. The SMILES string of the molecule is COC(=O)C[C@H](C)NC(=O)c1cc(C)on1. The molecule has 0 spiro atoms. The van der Waals surface area contributed by atoms with Crippen LogP contribution in [0.4, 0.5) is 0 Å². The predicted octanol–water partition coefficient (Wildman–Crippen LogP) is 0.664. The van der Waals surface area contributed by atoms with Crippen LogP contribution in [0.2, 0.25) is 0 Å². The van der Waals surface area contributed by atoms with E-state index in [4.69, 9.17) is 4.52 Å². The van der Waals surface area contributed by atoms with E-state index < -0.39 is 0 Å². The van der Waals surface area contributed by atoms with E-state index in [1.807, 2.05) is 0 Å². The normalized spacial score (nSPS) is 11.9. The van der Waals surface area contributed by atoms with Crippen molar-refractivity contribution in [2.24, 2.45) is 0 Å². The summed E-state index contributed by atoms with van der Waals surface area (Å²) in [5.41, 5.74) is 0.203. The fraction of sp³-hybridized carbons (Fsp3) is 0.500. The quantitative estimate of drug-likeness (QED) is 0.763. The smallest absolute Gasteiger partial charge is 0.307 e. The summed E-state index contributed by atoms with van der Waals surface area (Å²) in [5.74, 6) is -0.178. The summed E-state index contributed by atoms with van der Waals surface area (Å²) >= 11 is 0. The van der Waals surface area contributed by atoms with Gasteiger partial charge in [-0.1, -0.05) is 5.16 Å². The molecule has 1 heterocycles. The Balaban J connectivity index is 2.48. The zero-order chi connectivity index (χ0) is 12.1. The monoisotopic (exact) mass is 226 g/mol. The van der Waals surface area contributed by atoms with E-state index in [9.17, 15) is 9.59 Å². The number of esters is 1. The summed E-state index contributed by atoms with van der Waals surface area (Å²) in [5, 5.41) is 6.18. The summed E-state index contributed by atoms with van der Waals surface area (Å²) in [6.45, 7) is 3.41. The number of hydrogen-bond donors (Lipinski definition) is 1. The lowest BCUT2D eigenvalue weighted by molar-refractivity contribution is -0.141. The molecule has 88 valence electrons. The first-order chi connectivity index (χ1) is 7.52. The average Bonchev–Trinajstić information content (AvgIpc) is 2.64. The van der Waals surface area contributed by atoms with Crippen LogP contribution in [-0.4, -0.2) is 30.2 Å². The number of nitrogens with zero attached hydrogens (tertiary/aromatic N) is 1. The van der Waals surface area contributed by atoms with Crippen molar-refractivity contribution >= 4 is 11.9 Å². The lowest BCUT2D eigenvalue weighted by Crippen LogP contribution is -2.34. The number of carbonyl (C=O) groups excluding carboxylic acids is 2. The van der Waals surface area contributed by atoms with Gasteiger partial charge in [-0.05, 0) is 13.8 Å². The first kappa shape index (κ1) is 12.2. The maximum Gasteiger partial charge on any atom is 0.307 e. The molecule has 1 N–H and O–H groups in total. The van der Waals surface area contributed by atoms with E-state index in [1.165, 1.54) is 13.2 Å². The van der Waals surface area contributed by atoms with Gasteiger partial charge in [-0.15, -0.1) is 0 Å². The molecule has 0 aliphatic heterocycles. The highest BCUT2D eigenvalue weighted by Gasteiger charge is 2.15. The third kappa shape index (κ3) is 3.38. The second kappa shape index (κ2) is 5.29. The van der Waals surface area contributed by atoms with Gasteiger partial charge in [0.15, 0.2) is 5.69 Å². The van der Waals surface area contributed by atoms with Gasteiger partial charge in [-0.3, -0.25) is 9.59 Å². The number of amides is 1. The van der Waals surface area contributed by atoms with E-state index in [0.29, 0.717) is 5.76 Å². The molecule has 16 heavy (non-hydrogen) atoms. The van der Waals surface area contributed by atoms with E-state index >= 15 is 0 Å². The minimum atomic E-state index is -0.371. The Labute approximate surface area is 92.9 Å². The molecule has 0 aliphatic carbocycles. The molecule has 0 aliphatic rings. The van der Waals surface area contributed by atoms with Crippen LogP contribution >= 0.6 is 0 Å². The van der Waals surface area contributed by atoms with Crippen LogP contribution in [0.5, 0.6) is 0 Å². The summed E-state index contributed by atoms with van der Waals surface area (Å²) < 4.78 is 9.25. The third-order valence-corrected chi connectivity index (χ3v) is 1.94. The van der Waals surface area contributed by atoms with Crippen molar-refractivity contribution in [2.45, 2.75) is 26.3 Å². The zero-order valence-corrected chi connectivity index (χ0v) is 9.44. The number of aryl methyl sites for hydroxylation is 1. The topological polar surface area (TPSA) is 81.4 Å². The van der Waals surface area contributed by atoms with E-state index in [-0.39, 0.29) is 30.0 Å². The summed E-state index contributed by atoms with van der Waals surface area (Å²) in [7, 11) is 1.30. The van der Waals surface area contributed by atoms with Gasteiger partial charge < -0.3 is 14.6 Å². The second-order valence-electron chi connectivity index (χ2n) is 3.48. The molecule has 6 nitrogen and oxygen atoms in total. The van der Waals surface area contributed by atoms with E-state index in [0.717, 1.165) is 0 Å². The molecule has 0 bridgehead atoms. The molecule has 1 amide bonds. The highest BCUT2D eigenvalue weighted by molar-refractivity contribution is 5.92. The Morgan fingerprint density at radius 3 is 2.81 bits per heavy atom. The molecule has 1 aromatic heterocycles. The molecule has 6 heteroatoms. The van der Waals surface area contributed by atoms with E-state index in [1.54, 1.807) is 13.8 Å². The van der Waals surface area contributed by atoms with E-state index in [2.05, 4.69) is 15.2 Å². The lowest BCUT2D eigenvalue weighted by atomic mass is 10.2. The Hall–Kier alpha value is -1.85. The first-order valence-electron chi connectivity index (χ1n) is 4.84. The summed E-state index contributed by atoms with van der Waals surface area (Å²) in [6.07, 6.45) is 0.124. The largest absolute Gasteiger partial charge is 0.469 e. The van der Waals surface area contributed by atoms with Crippen LogP contribution in [0.1, 0.15) is 29.6 Å². The lowest BCUT2D eigenvalue weighted by Gasteiger charge is -2.10. The molecule has 0 aromatic carbocycles. The fourth-order valence-corrected chi connectivity index (χ4v) is 1.16. The molecule has 0 saturated heterocycles. The van der Waals surface area contributed by atoms with Crippen molar-refractivity contribution in [2.75, 3.05) is 7.11 Å².